The topological polar surface area (TPSA) is 76.7 Å². The number of halogens is 1. The second-order valence-electron chi connectivity index (χ2n) is 6.44. The number of aromatic nitrogens is 4. The maximum absolute atomic E-state index is 12.1. The van der Waals surface area contributed by atoms with E-state index in [1.54, 1.807) is 10.6 Å². The predicted molar refractivity (Wildman–Crippen MR) is 107 cm³/mol. The third-order valence-corrected chi connectivity index (χ3v) is 4.59. The average molecular weight is 381 g/mol. The monoisotopic (exact) mass is 380 g/mol. The zero-order chi connectivity index (χ0) is 19.0. The third kappa shape index (κ3) is 3.31. The van der Waals surface area contributed by atoms with Gasteiger partial charge in [0.2, 0.25) is 5.82 Å². The minimum atomic E-state index is -0.131. The molecule has 0 aliphatic rings. The first-order chi connectivity index (χ1) is 13.0. The summed E-state index contributed by atoms with van der Waals surface area (Å²) in [5, 5.41) is 4.67. The maximum atomic E-state index is 12.1. The fourth-order valence-electron chi connectivity index (χ4n) is 2.97. The molecular formula is C20H17ClN4O2. The Kier molecular flexibility index (Phi) is 4.41. The van der Waals surface area contributed by atoms with Crippen LogP contribution in [0.25, 0.3) is 34.6 Å². The van der Waals surface area contributed by atoms with Crippen molar-refractivity contribution in [3.63, 3.8) is 0 Å². The van der Waals surface area contributed by atoms with Crippen LogP contribution in [0.1, 0.15) is 31.3 Å². The number of nitrogens with one attached hydrogen (secondary N) is 1. The second kappa shape index (κ2) is 6.89. The lowest BCUT2D eigenvalue weighted by Gasteiger charge is -2.06. The van der Waals surface area contributed by atoms with E-state index in [1.807, 2.05) is 62.4 Å². The Bertz CT molecular complexity index is 1200. The Labute approximate surface area is 160 Å². The van der Waals surface area contributed by atoms with Crippen molar-refractivity contribution >= 4 is 34.8 Å². The van der Waals surface area contributed by atoms with Gasteiger partial charge in [-0.25, -0.2) is 4.79 Å². The lowest BCUT2D eigenvalue weighted by molar-refractivity contribution is 0.411. The van der Waals surface area contributed by atoms with E-state index in [0.29, 0.717) is 16.7 Å². The van der Waals surface area contributed by atoms with E-state index in [9.17, 15) is 4.79 Å². The molecule has 6 nitrogen and oxygen atoms in total. The van der Waals surface area contributed by atoms with Crippen LogP contribution in [-0.4, -0.2) is 19.7 Å². The summed E-state index contributed by atoms with van der Waals surface area (Å²) in [4.78, 5) is 19.4. The summed E-state index contributed by atoms with van der Waals surface area (Å²) in [6.45, 7) is 3.94. The van der Waals surface area contributed by atoms with E-state index in [-0.39, 0.29) is 11.7 Å². The van der Waals surface area contributed by atoms with Crippen molar-refractivity contribution in [3.05, 3.63) is 69.4 Å². The van der Waals surface area contributed by atoms with Crippen LogP contribution in [0.5, 0.6) is 0 Å². The van der Waals surface area contributed by atoms with Gasteiger partial charge in [0.15, 0.2) is 0 Å². The molecule has 2 aromatic carbocycles. The van der Waals surface area contributed by atoms with Crippen LogP contribution >= 0.6 is 11.6 Å². The number of rotatable bonds is 4. The summed E-state index contributed by atoms with van der Waals surface area (Å²) >= 11 is 6.14. The summed E-state index contributed by atoms with van der Waals surface area (Å²) < 4.78 is 7.01. The molecule has 0 unspecified atom stereocenters. The number of imidazole rings is 1. The van der Waals surface area contributed by atoms with E-state index >= 15 is 0 Å². The van der Waals surface area contributed by atoms with E-state index in [0.717, 1.165) is 22.2 Å². The Morgan fingerprint density at radius 2 is 2.00 bits per heavy atom. The first kappa shape index (κ1) is 17.3. The van der Waals surface area contributed by atoms with Crippen molar-refractivity contribution in [1.82, 2.24) is 19.7 Å². The zero-order valence-corrected chi connectivity index (χ0v) is 15.6. The molecule has 0 spiro atoms. The summed E-state index contributed by atoms with van der Waals surface area (Å²) in [6, 6.07) is 13.2. The highest BCUT2D eigenvalue weighted by Crippen LogP contribution is 2.23. The van der Waals surface area contributed by atoms with E-state index in [1.165, 1.54) is 0 Å². The summed E-state index contributed by atoms with van der Waals surface area (Å²) in [5.41, 5.74) is 3.09. The summed E-state index contributed by atoms with van der Waals surface area (Å²) in [5.74, 6) is 0.826. The van der Waals surface area contributed by atoms with Crippen molar-refractivity contribution in [1.29, 1.82) is 0 Å². The average Bonchev–Trinajstić information content (AvgIpc) is 3.23. The summed E-state index contributed by atoms with van der Waals surface area (Å²) in [7, 11) is 0. The van der Waals surface area contributed by atoms with Gasteiger partial charge in [-0.2, -0.15) is 4.98 Å². The largest absolute Gasteiger partial charge is 0.334 e. The predicted octanol–water partition coefficient (Wildman–Crippen LogP) is 4.78. The highest BCUT2D eigenvalue weighted by atomic mass is 35.5. The van der Waals surface area contributed by atoms with Gasteiger partial charge in [0.25, 0.3) is 5.89 Å². The van der Waals surface area contributed by atoms with Crippen LogP contribution in [0.3, 0.4) is 0 Å². The number of H-pyrrole nitrogens is 1. The number of nitrogens with zero attached hydrogens (tertiary/aromatic N) is 3. The molecule has 4 aromatic rings. The van der Waals surface area contributed by atoms with Gasteiger partial charge in [-0.15, -0.1) is 0 Å². The van der Waals surface area contributed by atoms with Crippen molar-refractivity contribution in [2.75, 3.05) is 0 Å². The van der Waals surface area contributed by atoms with Gasteiger partial charge in [0, 0.05) is 22.7 Å². The van der Waals surface area contributed by atoms with Gasteiger partial charge in [0.05, 0.1) is 11.0 Å². The van der Waals surface area contributed by atoms with E-state index < -0.39 is 0 Å². The lowest BCUT2D eigenvalue weighted by atomic mass is 10.2. The number of hydrogen-bond donors (Lipinski definition) is 1. The molecule has 7 heteroatoms. The standard InChI is InChI=1S/C20H17ClN4O2/c1-12(2)25-17-9-7-14(11-16(17)22-20(25)26)19-23-18(27-24-19)10-8-13-5-3-4-6-15(13)21/h3-12H,1-2H3,(H,22,26)/b10-8+. The van der Waals surface area contributed by atoms with Crippen molar-refractivity contribution in [2.24, 2.45) is 0 Å². The number of aromatic amines is 1. The molecule has 0 radical (unpaired) electrons. The van der Waals surface area contributed by atoms with Crippen molar-refractivity contribution in [2.45, 2.75) is 19.9 Å². The molecule has 0 bridgehead atoms. The number of benzene rings is 2. The van der Waals surface area contributed by atoms with Gasteiger partial charge < -0.3 is 9.51 Å². The van der Waals surface area contributed by atoms with Crippen LogP contribution in [0.4, 0.5) is 0 Å². The normalized spacial score (nSPS) is 11.9. The minimum Gasteiger partial charge on any atom is -0.334 e. The molecule has 136 valence electrons. The fraction of sp³-hybridized carbons (Fsp3) is 0.150. The van der Waals surface area contributed by atoms with E-state index in [2.05, 4.69) is 15.1 Å². The molecule has 2 heterocycles. The van der Waals surface area contributed by atoms with Gasteiger partial charge in [0.1, 0.15) is 0 Å². The molecule has 0 amide bonds. The van der Waals surface area contributed by atoms with Crippen molar-refractivity contribution < 1.29 is 4.52 Å². The summed E-state index contributed by atoms with van der Waals surface area (Å²) in [6.07, 6.45) is 3.54. The molecule has 1 N–H and O–H groups in total. The highest BCUT2D eigenvalue weighted by molar-refractivity contribution is 6.32. The zero-order valence-electron chi connectivity index (χ0n) is 14.8. The lowest BCUT2D eigenvalue weighted by Crippen LogP contribution is -2.18. The van der Waals surface area contributed by atoms with Gasteiger partial charge >= 0.3 is 5.69 Å². The smallest absolute Gasteiger partial charge is 0.326 e. The number of hydrogen-bond acceptors (Lipinski definition) is 4. The van der Waals surface area contributed by atoms with Crippen LogP contribution in [-0.2, 0) is 0 Å². The van der Waals surface area contributed by atoms with Crippen LogP contribution < -0.4 is 5.69 Å². The molecule has 27 heavy (non-hydrogen) atoms. The quantitative estimate of drug-likeness (QED) is 0.552. The first-order valence-electron chi connectivity index (χ1n) is 8.54. The number of fused-ring (bicyclic) bond motifs is 1. The Hall–Kier alpha value is -3.12. The Balaban J connectivity index is 1.65. The molecule has 0 saturated carbocycles. The van der Waals surface area contributed by atoms with Crippen LogP contribution in [0.2, 0.25) is 5.02 Å². The SMILES string of the molecule is CC(C)n1c(=O)[nH]c2cc(-c3noc(/C=C/c4ccccc4Cl)n3)ccc21. The van der Waals surface area contributed by atoms with Crippen molar-refractivity contribution in [3.8, 4) is 11.4 Å². The van der Waals surface area contributed by atoms with Crippen LogP contribution in [0.15, 0.2) is 51.8 Å². The molecule has 4 rings (SSSR count). The molecule has 0 aliphatic heterocycles. The second-order valence-corrected chi connectivity index (χ2v) is 6.84. The van der Waals surface area contributed by atoms with E-state index in [4.69, 9.17) is 16.1 Å². The Morgan fingerprint density at radius 3 is 2.78 bits per heavy atom. The Morgan fingerprint density at radius 1 is 1.19 bits per heavy atom. The molecule has 0 fully saturated rings. The highest BCUT2D eigenvalue weighted by Gasteiger charge is 2.13. The van der Waals surface area contributed by atoms with Gasteiger partial charge in [-0.1, -0.05) is 35.0 Å². The molecular weight excluding hydrogens is 364 g/mol. The molecule has 2 aromatic heterocycles. The first-order valence-corrected chi connectivity index (χ1v) is 8.91. The third-order valence-electron chi connectivity index (χ3n) is 4.24. The maximum Gasteiger partial charge on any atom is 0.326 e. The minimum absolute atomic E-state index is 0.0730. The van der Waals surface area contributed by atoms with Gasteiger partial charge in [-0.3, -0.25) is 4.57 Å². The fourth-order valence-corrected chi connectivity index (χ4v) is 3.17. The molecule has 0 atom stereocenters. The van der Waals surface area contributed by atoms with Crippen LogP contribution in [0, 0.1) is 0 Å². The molecule has 0 saturated heterocycles. The van der Waals surface area contributed by atoms with Gasteiger partial charge in [-0.05, 0) is 49.8 Å². The molecule has 0 aliphatic carbocycles.